The molecule has 72 valence electrons. The monoisotopic (exact) mass is 189 g/mol. The topological polar surface area (TPSA) is 3.24 Å². The first-order valence-electron chi connectivity index (χ1n) is 4.80. The zero-order chi connectivity index (χ0) is 9.97. The first-order chi connectivity index (χ1) is 6.83. The number of hydrogen-bond acceptors (Lipinski definition) is 1. The third kappa shape index (κ3) is 1.46. The maximum atomic E-state index is 13.5. The van der Waals surface area contributed by atoms with Crippen molar-refractivity contribution in [3.63, 3.8) is 0 Å². The van der Waals surface area contributed by atoms with Crippen molar-refractivity contribution >= 4 is 5.69 Å². The molecule has 0 aromatic heterocycles. The molecule has 0 radical (unpaired) electrons. The Bertz CT molecular complexity index is 378. The largest absolute Gasteiger partial charge is 0.200 e. The fourth-order valence-electron chi connectivity index (χ4n) is 1.99. The molecule has 1 aliphatic rings. The van der Waals surface area contributed by atoms with Crippen LogP contribution in [0.3, 0.4) is 0 Å². The predicted octanol–water partition coefficient (Wildman–Crippen LogP) is 2.50. The molecule has 0 atom stereocenters. The summed E-state index contributed by atoms with van der Waals surface area (Å²) >= 11 is 0. The minimum atomic E-state index is 0.0243. The molecule has 0 amide bonds. The van der Waals surface area contributed by atoms with Gasteiger partial charge in [0.15, 0.2) is 0 Å². The summed E-state index contributed by atoms with van der Waals surface area (Å²) in [6, 6.07) is 5.75. The van der Waals surface area contributed by atoms with E-state index in [2.05, 4.69) is 12.0 Å². The van der Waals surface area contributed by atoms with Gasteiger partial charge in [-0.3, -0.25) is 0 Å². The number of hydrogen-bond donors (Lipinski definition) is 0. The lowest BCUT2D eigenvalue weighted by molar-refractivity contribution is 0.457. The Balaban J connectivity index is 2.35. The summed E-state index contributed by atoms with van der Waals surface area (Å²) in [5.74, 6) is 2.31. The Morgan fingerprint density at radius 2 is 2.29 bits per heavy atom. The van der Waals surface area contributed by atoms with Crippen LogP contribution >= 0.6 is 0 Å². The second-order valence-corrected chi connectivity index (χ2v) is 3.49. The third-order valence-electron chi connectivity index (χ3n) is 2.61. The van der Waals surface area contributed by atoms with E-state index < -0.39 is 0 Å². The Kier molecular flexibility index (Phi) is 2.41. The average molecular weight is 189 g/mol. The van der Waals surface area contributed by atoms with Gasteiger partial charge in [0.1, 0.15) is 6.54 Å². The Morgan fingerprint density at radius 3 is 3.07 bits per heavy atom. The molecule has 1 nitrogen and oxygen atoms in total. The Hall–Kier alpha value is -1.49. The van der Waals surface area contributed by atoms with Crippen molar-refractivity contribution in [2.45, 2.75) is 19.3 Å². The van der Waals surface area contributed by atoms with E-state index in [1.54, 1.807) is 6.07 Å². The molecule has 2 rings (SSSR count). The highest BCUT2D eigenvalue weighted by molar-refractivity contribution is 5.57. The van der Waals surface area contributed by atoms with E-state index in [9.17, 15) is 4.48 Å². The predicted molar refractivity (Wildman–Crippen MR) is 55.8 cm³/mol. The lowest BCUT2D eigenvalue weighted by atomic mass is 10.1. The zero-order valence-electron chi connectivity index (χ0n) is 7.96. The Morgan fingerprint density at radius 1 is 1.43 bits per heavy atom. The van der Waals surface area contributed by atoms with Gasteiger partial charge in [0.2, 0.25) is 0 Å². The van der Waals surface area contributed by atoms with Crippen LogP contribution in [0.2, 0.25) is 0 Å². The van der Waals surface area contributed by atoms with Crippen LogP contribution in [0.1, 0.15) is 17.5 Å². The normalized spacial score (nSPS) is 13.4. The molecule has 1 aromatic rings. The molecule has 0 saturated heterocycles. The van der Waals surface area contributed by atoms with Crippen molar-refractivity contribution in [1.29, 1.82) is 0 Å². The van der Waals surface area contributed by atoms with E-state index in [1.807, 2.05) is 6.07 Å². The third-order valence-corrected chi connectivity index (χ3v) is 2.61. The Labute approximate surface area is 83.5 Å². The number of nitrogens with zero attached hydrogens (tertiary/aromatic N) is 1. The summed E-state index contributed by atoms with van der Waals surface area (Å²) in [5, 5.41) is 0.657. The molecule has 1 aliphatic carbocycles. The quantitative estimate of drug-likeness (QED) is 0.510. The number of terminal acetylenes is 1. The highest BCUT2D eigenvalue weighted by Crippen LogP contribution is 2.31. The van der Waals surface area contributed by atoms with Gasteiger partial charge in [0.25, 0.3) is 0 Å². The van der Waals surface area contributed by atoms with Crippen LogP contribution in [-0.4, -0.2) is 6.54 Å². The summed E-state index contributed by atoms with van der Waals surface area (Å²) < 4.78 is 13.5. The minimum absolute atomic E-state index is 0.0243. The van der Waals surface area contributed by atoms with Crippen LogP contribution in [0.5, 0.6) is 0 Å². The van der Waals surface area contributed by atoms with Gasteiger partial charge in [-0.1, -0.05) is 22.5 Å². The minimum Gasteiger partial charge on any atom is -0.200 e. The van der Waals surface area contributed by atoms with Crippen LogP contribution in [-0.2, 0) is 12.8 Å². The molecular weight excluding hydrogens is 177 g/mol. The van der Waals surface area contributed by atoms with Crippen LogP contribution in [0, 0.1) is 12.3 Å². The molecular formula is C12H12FN. The summed E-state index contributed by atoms with van der Waals surface area (Å²) in [6.45, 7) is 0.0243. The molecule has 0 spiro atoms. The van der Waals surface area contributed by atoms with Crippen LogP contribution < -0.4 is 5.12 Å². The smallest absolute Gasteiger partial charge is 0.111 e. The fraction of sp³-hybridized carbons (Fsp3) is 0.333. The van der Waals surface area contributed by atoms with Gasteiger partial charge in [0, 0.05) is 0 Å². The summed E-state index contributed by atoms with van der Waals surface area (Å²) in [5.41, 5.74) is 3.05. The number of benzene rings is 1. The highest BCUT2D eigenvalue weighted by Gasteiger charge is 2.17. The molecule has 0 bridgehead atoms. The maximum absolute atomic E-state index is 13.5. The molecule has 0 unspecified atom stereocenters. The number of rotatable bonds is 2. The van der Waals surface area contributed by atoms with Gasteiger partial charge in [-0.2, -0.15) is 5.12 Å². The van der Waals surface area contributed by atoms with E-state index in [-0.39, 0.29) is 6.54 Å². The molecule has 0 saturated carbocycles. The summed E-state index contributed by atoms with van der Waals surface area (Å²) in [7, 11) is 0. The van der Waals surface area contributed by atoms with Crippen LogP contribution in [0.25, 0.3) is 0 Å². The van der Waals surface area contributed by atoms with Crippen molar-refractivity contribution in [3.05, 3.63) is 29.3 Å². The number of halogens is 1. The zero-order valence-corrected chi connectivity index (χ0v) is 7.96. The lowest BCUT2D eigenvalue weighted by Crippen LogP contribution is -2.13. The van der Waals surface area contributed by atoms with Crippen molar-refractivity contribution in [1.82, 2.24) is 0 Å². The van der Waals surface area contributed by atoms with Gasteiger partial charge in [-0.05, 0) is 36.5 Å². The van der Waals surface area contributed by atoms with Gasteiger partial charge in [-0.15, -0.1) is 6.42 Å². The summed E-state index contributed by atoms with van der Waals surface area (Å²) in [6.07, 6.45) is 8.23. The van der Waals surface area contributed by atoms with Crippen molar-refractivity contribution < 1.29 is 4.48 Å². The molecule has 0 heterocycles. The molecule has 0 fully saturated rings. The molecule has 0 aliphatic heterocycles. The second kappa shape index (κ2) is 3.71. The first kappa shape index (κ1) is 9.08. The SMILES string of the molecule is C#CCN(F)c1cccc2c1CCC2. The van der Waals surface area contributed by atoms with E-state index in [4.69, 9.17) is 6.42 Å². The van der Waals surface area contributed by atoms with E-state index in [0.29, 0.717) is 10.8 Å². The molecule has 14 heavy (non-hydrogen) atoms. The first-order valence-corrected chi connectivity index (χ1v) is 4.80. The van der Waals surface area contributed by atoms with E-state index in [0.717, 1.165) is 24.8 Å². The van der Waals surface area contributed by atoms with E-state index >= 15 is 0 Å². The summed E-state index contributed by atoms with van der Waals surface area (Å²) in [4.78, 5) is 0. The average Bonchev–Trinajstić information content (AvgIpc) is 2.65. The number of fused-ring (bicyclic) bond motifs is 1. The second-order valence-electron chi connectivity index (χ2n) is 3.49. The van der Waals surface area contributed by atoms with Gasteiger partial charge >= 0.3 is 0 Å². The molecule has 1 aromatic carbocycles. The van der Waals surface area contributed by atoms with Gasteiger partial charge in [-0.25, -0.2) is 0 Å². The maximum Gasteiger partial charge on any atom is 0.111 e. The van der Waals surface area contributed by atoms with Gasteiger partial charge in [0.05, 0.1) is 5.69 Å². The number of aryl methyl sites for hydroxylation is 1. The number of anilines is 1. The van der Waals surface area contributed by atoms with Crippen LogP contribution in [0.4, 0.5) is 10.2 Å². The standard InChI is InChI=1S/C12H12FN/c1-2-9-14(13)12-8-4-6-10-5-3-7-11(10)12/h1,4,6,8H,3,5,7,9H2. The van der Waals surface area contributed by atoms with Crippen molar-refractivity contribution in [2.24, 2.45) is 0 Å². The van der Waals surface area contributed by atoms with Crippen LogP contribution in [0.15, 0.2) is 18.2 Å². The van der Waals surface area contributed by atoms with Gasteiger partial charge < -0.3 is 0 Å². The fourth-order valence-corrected chi connectivity index (χ4v) is 1.99. The molecule has 2 heteroatoms. The lowest BCUT2D eigenvalue weighted by Gasteiger charge is -2.14. The van der Waals surface area contributed by atoms with E-state index in [1.165, 1.54) is 5.56 Å². The molecule has 0 N–H and O–H groups in total. The van der Waals surface area contributed by atoms with Crippen molar-refractivity contribution in [3.8, 4) is 12.3 Å². The van der Waals surface area contributed by atoms with Crippen molar-refractivity contribution in [2.75, 3.05) is 11.7 Å². The highest BCUT2D eigenvalue weighted by atomic mass is 19.2.